The van der Waals surface area contributed by atoms with Crippen molar-refractivity contribution < 1.29 is 13.9 Å². The molecule has 2 aromatic heterocycles. The molecule has 1 N–H and O–H groups in total. The lowest BCUT2D eigenvalue weighted by atomic mass is 10.2. The highest BCUT2D eigenvalue weighted by molar-refractivity contribution is 6.05. The molecule has 0 saturated heterocycles. The first kappa shape index (κ1) is 16.0. The highest BCUT2D eigenvalue weighted by Crippen LogP contribution is 2.25. The SMILES string of the molecule is CCOc1ccccc1NC(=O)c1c(CC)nc2ccc(F)cn12. The minimum absolute atomic E-state index is 0.332. The molecule has 24 heavy (non-hydrogen) atoms. The maximum atomic E-state index is 13.6. The molecule has 0 atom stereocenters. The van der Waals surface area contributed by atoms with Gasteiger partial charge in [-0.3, -0.25) is 9.20 Å². The fraction of sp³-hybridized carbons (Fsp3) is 0.222. The summed E-state index contributed by atoms with van der Waals surface area (Å²) in [5.41, 5.74) is 2.06. The van der Waals surface area contributed by atoms with E-state index in [9.17, 15) is 9.18 Å². The molecule has 2 heterocycles. The van der Waals surface area contributed by atoms with Gasteiger partial charge in [0.05, 0.1) is 18.0 Å². The first-order valence-electron chi connectivity index (χ1n) is 7.83. The number of halogens is 1. The van der Waals surface area contributed by atoms with Crippen LogP contribution in [-0.2, 0) is 6.42 Å². The molecule has 0 bridgehead atoms. The molecule has 3 aromatic rings. The number of amides is 1. The van der Waals surface area contributed by atoms with Crippen molar-refractivity contribution in [3.63, 3.8) is 0 Å². The summed E-state index contributed by atoms with van der Waals surface area (Å²) in [6.45, 7) is 4.28. The highest BCUT2D eigenvalue weighted by Gasteiger charge is 2.19. The van der Waals surface area contributed by atoms with Crippen LogP contribution in [-0.4, -0.2) is 21.9 Å². The summed E-state index contributed by atoms with van der Waals surface area (Å²) >= 11 is 0. The predicted octanol–water partition coefficient (Wildman–Crippen LogP) is 3.69. The number of carbonyl (C=O) groups excluding carboxylic acids is 1. The lowest BCUT2D eigenvalue weighted by Crippen LogP contribution is -2.17. The number of imidazole rings is 1. The van der Waals surface area contributed by atoms with E-state index in [4.69, 9.17) is 4.74 Å². The molecule has 0 aliphatic heterocycles. The van der Waals surface area contributed by atoms with Crippen LogP contribution >= 0.6 is 0 Å². The van der Waals surface area contributed by atoms with Crippen molar-refractivity contribution in [3.8, 4) is 5.75 Å². The zero-order valence-corrected chi connectivity index (χ0v) is 13.5. The van der Waals surface area contributed by atoms with Crippen LogP contribution in [0.1, 0.15) is 30.0 Å². The van der Waals surface area contributed by atoms with Crippen molar-refractivity contribution in [2.45, 2.75) is 20.3 Å². The van der Waals surface area contributed by atoms with Crippen LogP contribution in [0.4, 0.5) is 10.1 Å². The number of benzene rings is 1. The molecule has 3 rings (SSSR count). The number of hydrogen-bond acceptors (Lipinski definition) is 3. The van der Waals surface area contributed by atoms with Gasteiger partial charge in [-0.1, -0.05) is 19.1 Å². The van der Waals surface area contributed by atoms with Crippen LogP contribution in [0.3, 0.4) is 0 Å². The van der Waals surface area contributed by atoms with Gasteiger partial charge in [0.25, 0.3) is 5.91 Å². The Morgan fingerprint density at radius 2 is 2.04 bits per heavy atom. The number of nitrogens with zero attached hydrogens (tertiary/aromatic N) is 2. The average molecular weight is 327 g/mol. The first-order chi connectivity index (χ1) is 11.6. The Balaban J connectivity index is 2.01. The zero-order valence-electron chi connectivity index (χ0n) is 13.5. The van der Waals surface area contributed by atoms with Crippen molar-refractivity contribution in [2.24, 2.45) is 0 Å². The summed E-state index contributed by atoms with van der Waals surface area (Å²) in [6, 6.07) is 10.1. The fourth-order valence-corrected chi connectivity index (χ4v) is 2.59. The second-order valence-corrected chi connectivity index (χ2v) is 5.22. The van der Waals surface area contributed by atoms with E-state index >= 15 is 0 Å². The molecule has 0 spiro atoms. The van der Waals surface area contributed by atoms with Gasteiger partial charge in [0.1, 0.15) is 22.9 Å². The Kier molecular flexibility index (Phi) is 4.46. The van der Waals surface area contributed by atoms with Crippen LogP contribution in [0, 0.1) is 5.82 Å². The van der Waals surface area contributed by atoms with E-state index in [1.165, 1.54) is 16.7 Å². The summed E-state index contributed by atoms with van der Waals surface area (Å²) in [5, 5.41) is 2.84. The van der Waals surface area contributed by atoms with E-state index < -0.39 is 5.82 Å². The van der Waals surface area contributed by atoms with Crippen molar-refractivity contribution in [1.82, 2.24) is 9.38 Å². The number of para-hydroxylation sites is 2. The number of anilines is 1. The summed E-state index contributed by atoms with van der Waals surface area (Å²) in [7, 11) is 0. The normalized spacial score (nSPS) is 10.8. The zero-order chi connectivity index (χ0) is 17.1. The third-order valence-corrected chi connectivity index (χ3v) is 3.64. The van der Waals surface area contributed by atoms with Gasteiger partial charge in [0, 0.05) is 6.20 Å². The van der Waals surface area contributed by atoms with Gasteiger partial charge in [0.2, 0.25) is 0 Å². The van der Waals surface area contributed by atoms with E-state index in [1.807, 2.05) is 26.0 Å². The van der Waals surface area contributed by atoms with Gasteiger partial charge < -0.3 is 10.1 Å². The summed E-state index contributed by atoms with van der Waals surface area (Å²) in [4.78, 5) is 17.2. The lowest BCUT2D eigenvalue weighted by Gasteiger charge is -2.11. The summed E-state index contributed by atoms with van der Waals surface area (Å²) in [5.74, 6) is -0.185. The van der Waals surface area contributed by atoms with Gasteiger partial charge in [0.15, 0.2) is 0 Å². The molecule has 0 fully saturated rings. The lowest BCUT2D eigenvalue weighted by molar-refractivity contribution is 0.102. The standard InChI is InChI=1S/C18H18FN3O2/c1-3-13-17(22-11-12(19)9-10-16(22)20-13)18(23)21-14-7-5-6-8-15(14)24-4-2/h5-11H,3-4H2,1-2H3,(H,21,23). The van der Waals surface area contributed by atoms with Crippen molar-refractivity contribution in [3.05, 3.63) is 59.8 Å². The monoisotopic (exact) mass is 327 g/mol. The quantitative estimate of drug-likeness (QED) is 0.777. The van der Waals surface area contributed by atoms with E-state index in [-0.39, 0.29) is 5.91 Å². The molecule has 0 aliphatic rings. The maximum Gasteiger partial charge on any atom is 0.274 e. The minimum atomic E-state index is -0.425. The average Bonchev–Trinajstić information content (AvgIpc) is 2.94. The second kappa shape index (κ2) is 6.70. The van der Waals surface area contributed by atoms with Gasteiger partial charge >= 0.3 is 0 Å². The van der Waals surface area contributed by atoms with Gasteiger partial charge in [-0.05, 0) is 37.6 Å². The Bertz CT molecular complexity index is 889. The molecule has 5 nitrogen and oxygen atoms in total. The van der Waals surface area contributed by atoms with Gasteiger partial charge in [-0.2, -0.15) is 0 Å². The Morgan fingerprint density at radius 1 is 1.25 bits per heavy atom. The first-order valence-corrected chi connectivity index (χ1v) is 7.83. The van der Waals surface area contributed by atoms with Gasteiger partial charge in [-0.15, -0.1) is 0 Å². The largest absolute Gasteiger partial charge is 0.492 e. The maximum absolute atomic E-state index is 13.6. The van der Waals surface area contributed by atoms with Crippen molar-refractivity contribution in [1.29, 1.82) is 0 Å². The molecule has 6 heteroatoms. The third-order valence-electron chi connectivity index (χ3n) is 3.64. The third kappa shape index (κ3) is 2.95. The van der Waals surface area contributed by atoms with Crippen molar-refractivity contribution in [2.75, 3.05) is 11.9 Å². The molecule has 0 saturated carbocycles. The summed E-state index contributed by atoms with van der Waals surface area (Å²) in [6.07, 6.45) is 1.84. The number of ether oxygens (including phenoxy) is 1. The second-order valence-electron chi connectivity index (χ2n) is 5.22. The number of aromatic nitrogens is 2. The van der Waals surface area contributed by atoms with Crippen LogP contribution in [0.2, 0.25) is 0 Å². The van der Waals surface area contributed by atoms with E-state index in [2.05, 4.69) is 10.3 Å². The molecule has 0 aliphatic carbocycles. The summed E-state index contributed by atoms with van der Waals surface area (Å²) < 4.78 is 20.6. The number of aryl methyl sites for hydroxylation is 1. The van der Waals surface area contributed by atoms with E-state index in [0.29, 0.717) is 41.5 Å². The minimum Gasteiger partial charge on any atom is -0.492 e. The Hall–Kier alpha value is -2.89. The number of hydrogen-bond donors (Lipinski definition) is 1. The van der Waals surface area contributed by atoms with Gasteiger partial charge in [-0.25, -0.2) is 9.37 Å². The van der Waals surface area contributed by atoms with Crippen molar-refractivity contribution >= 4 is 17.2 Å². The predicted molar refractivity (Wildman–Crippen MR) is 90.1 cm³/mol. The molecule has 0 radical (unpaired) electrons. The number of carbonyl (C=O) groups is 1. The Morgan fingerprint density at radius 3 is 2.79 bits per heavy atom. The number of pyridine rings is 1. The fourth-order valence-electron chi connectivity index (χ4n) is 2.59. The van der Waals surface area contributed by atoms with Crippen LogP contribution < -0.4 is 10.1 Å². The molecule has 124 valence electrons. The number of fused-ring (bicyclic) bond motifs is 1. The number of rotatable bonds is 5. The molecule has 1 amide bonds. The molecule has 1 aromatic carbocycles. The van der Waals surface area contributed by atoms with Crippen LogP contribution in [0.5, 0.6) is 5.75 Å². The molecular formula is C18H18FN3O2. The van der Waals surface area contributed by atoms with Crippen LogP contribution in [0.25, 0.3) is 5.65 Å². The molecular weight excluding hydrogens is 309 g/mol. The Labute approximate surface area is 139 Å². The van der Waals surface area contributed by atoms with E-state index in [1.54, 1.807) is 18.2 Å². The highest BCUT2D eigenvalue weighted by atomic mass is 19.1. The smallest absolute Gasteiger partial charge is 0.274 e. The number of nitrogens with one attached hydrogen (secondary N) is 1. The molecule has 0 unspecified atom stereocenters. The van der Waals surface area contributed by atoms with E-state index in [0.717, 1.165) is 0 Å². The topological polar surface area (TPSA) is 55.6 Å². The van der Waals surface area contributed by atoms with Crippen LogP contribution in [0.15, 0.2) is 42.6 Å².